The smallest absolute Gasteiger partial charge is 0.349 e. The Bertz CT molecular complexity index is 1590. The van der Waals surface area contributed by atoms with Gasteiger partial charge in [-0.2, -0.15) is 0 Å². The molecule has 2 aromatic heterocycles. The Labute approximate surface area is 186 Å². The third-order valence-corrected chi connectivity index (χ3v) is 5.56. The molecule has 33 heavy (non-hydrogen) atoms. The number of fused-ring (bicyclic) bond motifs is 2. The molecule has 1 amide bonds. The van der Waals surface area contributed by atoms with E-state index in [1.54, 1.807) is 54.6 Å². The fourth-order valence-electron chi connectivity index (χ4n) is 3.90. The van der Waals surface area contributed by atoms with E-state index in [2.05, 4.69) is 0 Å². The molecule has 0 spiro atoms. The molecule has 0 fully saturated rings. The van der Waals surface area contributed by atoms with E-state index in [1.165, 1.54) is 12.1 Å². The second-order valence-corrected chi connectivity index (χ2v) is 7.67. The summed E-state index contributed by atoms with van der Waals surface area (Å²) in [7, 11) is 0. The van der Waals surface area contributed by atoms with Crippen LogP contribution in [-0.4, -0.2) is 20.6 Å². The maximum atomic E-state index is 14.2. The Morgan fingerprint density at radius 3 is 2.58 bits per heavy atom. The summed E-state index contributed by atoms with van der Waals surface area (Å²) in [4.78, 5) is 28.4. The number of imidazole rings is 1. The standard InChI is InChI=1S/C25H18FN3O4/c26-19-4-2-1-3-14(19)9-10-29-21-13-22-16(11-18(23(27)31)25(32)33-22)12-20(21)28-24(29)15-5-7-17(30)8-6-15/h1-8,11-13,30H,9-10H2,(H2,27,31). The third-order valence-electron chi connectivity index (χ3n) is 5.56. The zero-order chi connectivity index (χ0) is 23.1. The van der Waals surface area contributed by atoms with Crippen molar-refractivity contribution in [3.05, 3.63) is 94.1 Å². The van der Waals surface area contributed by atoms with Crippen LogP contribution in [0.1, 0.15) is 15.9 Å². The van der Waals surface area contributed by atoms with Gasteiger partial charge >= 0.3 is 5.63 Å². The van der Waals surface area contributed by atoms with Crippen LogP contribution in [-0.2, 0) is 13.0 Å². The van der Waals surface area contributed by atoms with Crippen LogP contribution in [0.15, 0.2) is 75.9 Å². The highest BCUT2D eigenvalue weighted by molar-refractivity contribution is 5.99. The minimum Gasteiger partial charge on any atom is -0.508 e. The number of carbonyl (C=O) groups is 1. The summed E-state index contributed by atoms with van der Waals surface area (Å²) >= 11 is 0. The van der Waals surface area contributed by atoms with Crippen molar-refractivity contribution in [3.63, 3.8) is 0 Å². The molecule has 0 unspecified atom stereocenters. The highest BCUT2D eigenvalue weighted by Crippen LogP contribution is 2.30. The Morgan fingerprint density at radius 1 is 1.09 bits per heavy atom. The number of aryl methyl sites for hydroxylation is 2. The van der Waals surface area contributed by atoms with Crippen molar-refractivity contribution in [3.8, 4) is 17.1 Å². The van der Waals surface area contributed by atoms with Gasteiger partial charge in [0.1, 0.15) is 28.5 Å². The average molecular weight is 443 g/mol. The van der Waals surface area contributed by atoms with Crippen molar-refractivity contribution in [2.24, 2.45) is 5.73 Å². The molecule has 0 aliphatic heterocycles. The van der Waals surface area contributed by atoms with E-state index in [1.807, 2.05) is 4.57 Å². The molecule has 0 aliphatic carbocycles. The number of nitrogens with zero attached hydrogens (tertiary/aromatic N) is 2. The SMILES string of the molecule is NC(=O)c1cc2cc3nc(-c4ccc(O)cc4)n(CCc4ccccc4F)c3cc2oc1=O. The molecule has 0 saturated heterocycles. The minimum absolute atomic E-state index is 0.124. The lowest BCUT2D eigenvalue weighted by atomic mass is 10.1. The monoisotopic (exact) mass is 443 g/mol. The zero-order valence-corrected chi connectivity index (χ0v) is 17.3. The molecule has 2 heterocycles. The summed E-state index contributed by atoms with van der Waals surface area (Å²) in [6.45, 7) is 0.406. The second-order valence-electron chi connectivity index (χ2n) is 7.67. The quantitative estimate of drug-likeness (QED) is 0.399. The van der Waals surface area contributed by atoms with Gasteiger partial charge in [0.05, 0.1) is 11.0 Å². The van der Waals surface area contributed by atoms with Gasteiger partial charge in [-0.1, -0.05) is 18.2 Å². The molecule has 8 heteroatoms. The molecule has 5 aromatic rings. The number of primary amides is 1. The minimum atomic E-state index is -0.869. The van der Waals surface area contributed by atoms with Crippen LogP contribution < -0.4 is 11.4 Å². The molecular formula is C25H18FN3O4. The van der Waals surface area contributed by atoms with Gasteiger partial charge in [-0.15, -0.1) is 0 Å². The van der Waals surface area contributed by atoms with Gasteiger partial charge in [0, 0.05) is 23.6 Å². The number of carbonyl (C=O) groups excluding carboxylic acids is 1. The first-order chi connectivity index (χ1) is 15.9. The molecular weight excluding hydrogens is 425 g/mol. The van der Waals surface area contributed by atoms with Gasteiger partial charge in [-0.3, -0.25) is 4.79 Å². The van der Waals surface area contributed by atoms with Crippen molar-refractivity contribution < 1.29 is 18.7 Å². The van der Waals surface area contributed by atoms with E-state index in [0.717, 1.165) is 5.56 Å². The third kappa shape index (κ3) is 3.71. The lowest BCUT2D eigenvalue weighted by Crippen LogP contribution is -2.20. The lowest BCUT2D eigenvalue weighted by Gasteiger charge is -2.10. The van der Waals surface area contributed by atoms with Gasteiger partial charge < -0.3 is 19.8 Å². The first kappa shape index (κ1) is 20.4. The highest BCUT2D eigenvalue weighted by Gasteiger charge is 2.17. The number of halogens is 1. The van der Waals surface area contributed by atoms with Crippen LogP contribution in [0.25, 0.3) is 33.4 Å². The van der Waals surface area contributed by atoms with Crippen LogP contribution >= 0.6 is 0 Å². The number of hydrogen-bond donors (Lipinski definition) is 2. The van der Waals surface area contributed by atoms with Crippen LogP contribution in [0.4, 0.5) is 4.39 Å². The van der Waals surface area contributed by atoms with Crippen LogP contribution in [0.3, 0.4) is 0 Å². The van der Waals surface area contributed by atoms with E-state index >= 15 is 0 Å². The summed E-state index contributed by atoms with van der Waals surface area (Å²) in [5, 5.41) is 10.2. The Hall–Kier alpha value is -4.46. The van der Waals surface area contributed by atoms with Crippen LogP contribution in [0.5, 0.6) is 5.75 Å². The van der Waals surface area contributed by atoms with Gasteiger partial charge in [-0.25, -0.2) is 14.2 Å². The van der Waals surface area contributed by atoms with Crippen molar-refractivity contribution >= 4 is 27.9 Å². The van der Waals surface area contributed by atoms with E-state index in [-0.39, 0.29) is 22.7 Å². The number of nitrogens with two attached hydrogens (primary N) is 1. The maximum absolute atomic E-state index is 14.2. The second kappa shape index (κ2) is 7.90. The van der Waals surface area contributed by atoms with E-state index in [0.29, 0.717) is 40.8 Å². The molecule has 5 rings (SSSR count). The summed E-state index contributed by atoms with van der Waals surface area (Å²) in [5.74, 6) is -0.428. The van der Waals surface area contributed by atoms with Crippen LogP contribution in [0.2, 0.25) is 0 Å². The Morgan fingerprint density at radius 2 is 1.85 bits per heavy atom. The van der Waals surface area contributed by atoms with Crippen molar-refractivity contribution in [2.45, 2.75) is 13.0 Å². The van der Waals surface area contributed by atoms with Crippen molar-refractivity contribution in [1.29, 1.82) is 0 Å². The molecule has 164 valence electrons. The fourth-order valence-corrected chi connectivity index (χ4v) is 3.90. The van der Waals surface area contributed by atoms with Gasteiger partial charge in [0.15, 0.2) is 0 Å². The number of phenolic OH excluding ortho intramolecular Hbond substituents is 1. The summed E-state index contributed by atoms with van der Waals surface area (Å²) in [5.41, 5.74) is 7.09. The van der Waals surface area contributed by atoms with E-state index < -0.39 is 11.5 Å². The van der Waals surface area contributed by atoms with Gasteiger partial charge in [0.2, 0.25) is 0 Å². The number of hydrogen-bond acceptors (Lipinski definition) is 5. The molecule has 3 N–H and O–H groups in total. The first-order valence-electron chi connectivity index (χ1n) is 10.2. The number of amides is 1. The number of aromatic nitrogens is 2. The summed E-state index contributed by atoms with van der Waals surface area (Å²) < 4.78 is 21.5. The highest BCUT2D eigenvalue weighted by atomic mass is 19.1. The van der Waals surface area contributed by atoms with Crippen molar-refractivity contribution in [1.82, 2.24) is 9.55 Å². The largest absolute Gasteiger partial charge is 0.508 e. The van der Waals surface area contributed by atoms with Gasteiger partial charge in [0.25, 0.3) is 5.91 Å². The van der Waals surface area contributed by atoms with E-state index in [9.17, 15) is 19.1 Å². The lowest BCUT2D eigenvalue weighted by molar-refractivity contribution is 0.0997. The van der Waals surface area contributed by atoms with Crippen LogP contribution in [0, 0.1) is 5.82 Å². The number of aromatic hydroxyl groups is 1. The summed E-state index contributed by atoms with van der Waals surface area (Å²) in [6, 6.07) is 17.9. The maximum Gasteiger partial charge on any atom is 0.349 e. The number of rotatable bonds is 5. The zero-order valence-electron chi connectivity index (χ0n) is 17.3. The molecule has 0 bridgehead atoms. The molecule has 0 aliphatic rings. The predicted molar refractivity (Wildman–Crippen MR) is 121 cm³/mol. The number of phenols is 1. The predicted octanol–water partition coefficient (Wildman–Crippen LogP) is 4.00. The first-order valence-corrected chi connectivity index (χ1v) is 10.2. The van der Waals surface area contributed by atoms with Gasteiger partial charge in [-0.05, 0) is 54.4 Å². The normalized spacial score (nSPS) is 11.3. The summed E-state index contributed by atoms with van der Waals surface area (Å²) in [6.07, 6.45) is 0.409. The number of benzene rings is 3. The molecule has 0 atom stereocenters. The average Bonchev–Trinajstić information content (AvgIpc) is 3.14. The fraction of sp³-hybridized carbons (Fsp3) is 0.0800. The van der Waals surface area contributed by atoms with Crippen molar-refractivity contribution in [2.75, 3.05) is 0 Å². The molecule has 7 nitrogen and oxygen atoms in total. The molecule has 3 aromatic carbocycles. The Balaban J connectivity index is 1.70. The Kier molecular flexibility index (Phi) is 4.90. The van der Waals surface area contributed by atoms with E-state index in [4.69, 9.17) is 15.1 Å². The topological polar surface area (TPSA) is 111 Å². The molecule has 0 radical (unpaired) electrons. The molecule has 0 saturated carbocycles.